The second-order valence-corrected chi connectivity index (χ2v) is 12.4. The highest BCUT2D eigenvalue weighted by Gasteiger charge is 2.39. The van der Waals surface area contributed by atoms with E-state index in [2.05, 4.69) is 60.6 Å². The van der Waals surface area contributed by atoms with Gasteiger partial charge in [0.25, 0.3) is 0 Å². The van der Waals surface area contributed by atoms with Gasteiger partial charge in [0.05, 0.1) is 6.61 Å². The highest BCUT2D eigenvalue weighted by Crippen LogP contribution is 2.40. The lowest BCUT2D eigenvalue weighted by atomic mass is 9.78. The standard InChI is InChI=1S/C24H44O4Si/c1-11-26-29(27-12-2,28-13-3)16-14-15-25-22-20(23(5,6)7)17-19(4)18-21(22)24(8,9)10/h17-18H,11-16H2,1-10H3. The zero-order valence-corrected chi connectivity index (χ0v) is 21.5. The Balaban J connectivity index is 3.06. The molecule has 0 atom stereocenters. The molecule has 0 fully saturated rings. The molecule has 1 aromatic rings. The van der Waals surface area contributed by atoms with Gasteiger partial charge in [-0.3, -0.25) is 0 Å². The average Bonchev–Trinajstić information content (AvgIpc) is 2.58. The molecule has 0 radical (unpaired) electrons. The number of ether oxygens (including phenoxy) is 1. The zero-order valence-electron chi connectivity index (χ0n) is 20.5. The Bertz CT molecular complexity index is 577. The van der Waals surface area contributed by atoms with Gasteiger partial charge in [-0.05, 0) is 44.9 Å². The van der Waals surface area contributed by atoms with Crippen LogP contribution >= 0.6 is 0 Å². The van der Waals surface area contributed by atoms with Gasteiger partial charge in [-0.25, -0.2) is 0 Å². The lowest BCUT2D eigenvalue weighted by Gasteiger charge is -2.31. The molecule has 0 saturated heterocycles. The Kier molecular flexibility index (Phi) is 9.87. The first-order chi connectivity index (χ1) is 13.4. The topological polar surface area (TPSA) is 36.9 Å². The fraction of sp³-hybridized carbons (Fsp3) is 0.750. The minimum absolute atomic E-state index is 0.0157. The maximum Gasteiger partial charge on any atom is 0.501 e. The van der Waals surface area contributed by atoms with Gasteiger partial charge in [0.15, 0.2) is 0 Å². The van der Waals surface area contributed by atoms with Crippen LogP contribution in [0.1, 0.15) is 85.4 Å². The van der Waals surface area contributed by atoms with Gasteiger partial charge in [0.1, 0.15) is 5.75 Å². The lowest BCUT2D eigenvalue weighted by Crippen LogP contribution is -2.46. The molecule has 1 rings (SSSR count). The quantitative estimate of drug-likeness (QED) is 0.304. The van der Waals surface area contributed by atoms with E-state index in [0.717, 1.165) is 18.2 Å². The molecule has 0 N–H and O–H groups in total. The summed E-state index contributed by atoms with van der Waals surface area (Å²) in [4.78, 5) is 0. The first kappa shape index (κ1) is 26.2. The number of aryl methyl sites for hydroxylation is 1. The van der Waals surface area contributed by atoms with Crippen molar-refractivity contribution in [1.29, 1.82) is 0 Å². The third-order valence-corrected chi connectivity index (χ3v) is 7.97. The average molecular weight is 425 g/mol. The molecule has 5 heteroatoms. The van der Waals surface area contributed by atoms with Crippen LogP contribution in [0.4, 0.5) is 0 Å². The first-order valence-electron chi connectivity index (χ1n) is 11.1. The summed E-state index contributed by atoms with van der Waals surface area (Å²) in [6.45, 7) is 24.1. The van der Waals surface area contributed by atoms with Crippen molar-refractivity contribution in [1.82, 2.24) is 0 Å². The largest absolute Gasteiger partial charge is 0.501 e. The van der Waals surface area contributed by atoms with Crippen molar-refractivity contribution < 1.29 is 18.0 Å². The molecule has 0 aliphatic rings. The second-order valence-electron chi connectivity index (χ2n) is 9.62. The minimum atomic E-state index is -2.62. The van der Waals surface area contributed by atoms with Crippen LogP contribution in [0.2, 0.25) is 6.04 Å². The van der Waals surface area contributed by atoms with Crippen molar-refractivity contribution in [2.75, 3.05) is 26.4 Å². The van der Waals surface area contributed by atoms with Gasteiger partial charge < -0.3 is 18.0 Å². The van der Waals surface area contributed by atoms with E-state index in [-0.39, 0.29) is 10.8 Å². The summed E-state index contributed by atoms with van der Waals surface area (Å²) in [6, 6.07) is 5.30. The summed E-state index contributed by atoms with van der Waals surface area (Å²) < 4.78 is 24.4. The minimum Gasteiger partial charge on any atom is -0.493 e. The van der Waals surface area contributed by atoms with Gasteiger partial charge >= 0.3 is 8.80 Å². The summed E-state index contributed by atoms with van der Waals surface area (Å²) in [7, 11) is -2.62. The van der Waals surface area contributed by atoms with Crippen LogP contribution in [0.15, 0.2) is 12.1 Å². The third-order valence-electron chi connectivity index (χ3n) is 4.82. The van der Waals surface area contributed by atoms with E-state index < -0.39 is 8.80 Å². The van der Waals surface area contributed by atoms with Gasteiger partial charge in [0.2, 0.25) is 0 Å². The first-order valence-corrected chi connectivity index (χ1v) is 13.0. The van der Waals surface area contributed by atoms with E-state index in [0.29, 0.717) is 26.4 Å². The van der Waals surface area contributed by atoms with Crippen LogP contribution in [-0.4, -0.2) is 35.2 Å². The molecule has 29 heavy (non-hydrogen) atoms. The lowest BCUT2D eigenvalue weighted by molar-refractivity contribution is 0.0696. The Labute approximate surface area is 180 Å². The Hall–Kier alpha value is -0.883. The highest BCUT2D eigenvalue weighted by atomic mass is 28.4. The molecule has 0 bridgehead atoms. The molecule has 1 aromatic carbocycles. The third kappa shape index (κ3) is 7.71. The van der Waals surface area contributed by atoms with Crippen molar-refractivity contribution >= 4 is 8.80 Å². The Morgan fingerprint density at radius 3 is 1.52 bits per heavy atom. The summed E-state index contributed by atoms with van der Waals surface area (Å²) in [5.74, 6) is 1.03. The fourth-order valence-electron chi connectivity index (χ4n) is 3.51. The molecule has 0 amide bonds. The van der Waals surface area contributed by atoms with Crippen molar-refractivity contribution in [3.8, 4) is 5.75 Å². The predicted molar refractivity (Wildman–Crippen MR) is 124 cm³/mol. The molecule has 0 aliphatic carbocycles. The molecule has 0 aliphatic heterocycles. The normalized spacial score (nSPS) is 13.0. The van der Waals surface area contributed by atoms with Gasteiger partial charge in [0, 0.05) is 37.0 Å². The fourth-order valence-corrected chi connectivity index (χ4v) is 6.09. The van der Waals surface area contributed by atoms with Crippen LogP contribution in [0, 0.1) is 6.92 Å². The molecule has 0 unspecified atom stereocenters. The van der Waals surface area contributed by atoms with Crippen LogP contribution in [0.5, 0.6) is 5.75 Å². The van der Waals surface area contributed by atoms with Crippen molar-refractivity contribution in [2.24, 2.45) is 0 Å². The molecule has 168 valence electrons. The number of hydrogen-bond acceptors (Lipinski definition) is 4. The SMILES string of the molecule is CCO[Si](CCCOc1c(C(C)(C)C)cc(C)cc1C(C)(C)C)(OCC)OCC. The number of benzene rings is 1. The van der Waals surface area contributed by atoms with Crippen molar-refractivity contribution in [2.45, 2.75) is 92.5 Å². The molecule has 0 aromatic heterocycles. The Morgan fingerprint density at radius 1 is 0.759 bits per heavy atom. The zero-order chi connectivity index (χ0) is 22.3. The second kappa shape index (κ2) is 10.9. The van der Waals surface area contributed by atoms with Crippen molar-refractivity contribution in [3.63, 3.8) is 0 Å². The van der Waals surface area contributed by atoms with E-state index in [1.807, 2.05) is 20.8 Å². The maximum absolute atomic E-state index is 6.46. The summed E-state index contributed by atoms with van der Waals surface area (Å²) in [5, 5.41) is 0. The van der Waals surface area contributed by atoms with Crippen LogP contribution in [0.3, 0.4) is 0 Å². The molecule has 0 heterocycles. The monoisotopic (exact) mass is 424 g/mol. The van der Waals surface area contributed by atoms with E-state index in [9.17, 15) is 0 Å². The van der Waals surface area contributed by atoms with Crippen LogP contribution in [-0.2, 0) is 24.1 Å². The number of rotatable bonds is 11. The molecule has 4 nitrogen and oxygen atoms in total. The van der Waals surface area contributed by atoms with Crippen LogP contribution in [0.25, 0.3) is 0 Å². The van der Waals surface area contributed by atoms with E-state index >= 15 is 0 Å². The van der Waals surface area contributed by atoms with Crippen LogP contribution < -0.4 is 4.74 Å². The van der Waals surface area contributed by atoms with Crippen molar-refractivity contribution in [3.05, 3.63) is 28.8 Å². The summed E-state index contributed by atoms with van der Waals surface area (Å²) >= 11 is 0. The molecular weight excluding hydrogens is 380 g/mol. The molecule has 0 spiro atoms. The highest BCUT2D eigenvalue weighted by molar-refractivity contribution is 6.60. The number of hydrogen-bond donors (Lipinski definition) is 0. The summed E-state index contributed by atoms with van der Waals surface area (Å²) in [5.41, 5.74) is 3.85. The predicted octanol–water partition coefficient (Wildman–Crippen LogP) is 6.41. The van der Waals surface area contributed by atoms with E-state index in [1.165, 1.54) is 16.7 Å². The molecule has 0 saturated carbocycles. The van der Waals surface area contributed by atoms with Gasteiger partial charge in [-0.1, -0.05) is 59.2 Å². The van der Waals surface area contributed by atoms with Gasteiger partial charge in [-0.2, -0.15) is 0 Å². The smallest absolute Gasteiger partial charge is 0.493 e. The summed E-state index contributed by atoms with van der Waals surface area (Å²) in [6.07, 6.45) is 0.841. The van der Waals surface area contributed by atoms with E-state index in [4.69, 9.17) is 18.0 Å². The van der Waals surface area contributed by atoms with E-state index in [1.54, 1.807) is 0 Å². The maximum atomic E-state index is 6.46. The Morgan fingerprint density at radius 2 is 1.17 bits per heavy atom. The van der Waals surface area contributed by atoms with Gasteiger partial charge in [-0.15, -0.1) is 0 Å². The molecular formula is C24H44O4Si.